The first-order valence-corrected chi connectivity index (χ1v) is 12.3. The Morgan fingerprint density at radius 1 is 0.886 bits per heavy atom. The van der Waals surface area contributed by atoms with Crippen molar-refractivity contribution in [2.75, 3.05) is 49.5 Å². The molecule has 1 aromatic heterocycles. The van der Waals surface area contributed by atoms with E-state index >= 15 is 0 Å². The molecule has 2 fully saturated rings. The third-order valence-electron chi connectivity index (χ3n) is 6.66. The number of nitrogens with zero attached hydrogens (tertiary/aromatic N) is 4. The lowest BCUT2D eigenvalue weighted by molar-refractivity contribution is -0.123. The van der Waals surface area contributed by atoms with Crippen LogP contribution >= 0.6 is 0 Å². The van der Waals surface area contributed by atoms with Gasteiger partial charge in [0.25, 0.3) is 11.8 Å². The van der Waals surface area contributed by atoms with Gasteiger partial charge in [0.05, 0.1) is 5.69 Å². The van der Waals surface area contributed by atoms with Crippen LogP contribution in [0.15, 0.2) is 42.6 Å². The van der Waals surface area contributed by atoms with Crippen LogP contribution in [0.5, 0.6) is 0 Å². The molecule has 9 heteroatoms. The molecule has 2 saturated heterocycles. The van der Waals surface area contributed by atoms with Crippen molar-refractivity contribution >= 4 is 29.2 Å². The summed E-state index contributed by atoms with van der Waals surface area (Å²) in [6, 6.07) is 11.1. The number of hydrogen-bond donors (Lipinski definition) is 2. The number of hydrogen-bond acceptors (Lipinski definition) is 6. The lowest BCUT2D eigenvalue weighted by Gasteiger charge is -2.36. The van der Waals surface area contributed by atoms with Crippen molar-refractivity contribution in [3.63, 3.8) is 0 Å². The Morgan fingerprint density at radius 3 is 1.94 bits per heavy atom. The fourth-order valence-electron chi connectivity index (χ4n) is 4.68. The number of rotatable bonds is 6. The number of piperazine rings is 1. The Bertz CT molecular complexity index is 1060. The summed E-state index contributed by atoms with van der Waals surface area (Å²) in [5.41, 5.74) is 7.50. The third-order valence-corrected chi connectivity index (χ3v) is 6.66. The molecule has 0 bridgehead atoms. The van der Waals surface area contributed by atoms with Gasteiger partial charge in [-0.05, 0) is 63.1 Å². The number of nitrogens with two attached hydrogens (primary N) is 1. The number of benzene rings is 1. The Morgan fingerprint density at radius 2 is 1.43 bits per heavy atom. The minimum Gasteiger partial charge on any atom is -0.380 e. The molecule has 0 atom stereocenters. The van der Waals surface area contributed by atoms with Gasteiger partial charge in [-0.2, -0.15) is 0 Å². The van der Waals surface area contributed by atoms with Crippen molar-refractivity contribution in [2.24, 2.45) is 11.7 Å². The molecule has 0 aliphatic carbocycles. The first kappa shape index (κ1) is 24.5. The zero-order valence-electron chi connectivity index (χ0n) is 20.4. The van der Waals surface area contributed by atoms with Crippen molar-refractivity contribution in [3.8, 4) is 0 Å². The molecular weight excluding hydrogens is 444 g/mol. The van der Waals surface area contributed by atoms with Gasteiger partial charge in [-0.15, -0.1) is 0 Å². The number of nitrogens with one attached hydrogen (secondary N) is 1. The van der Waals surface area contributed by atoms with Crippen LogP contribution in [0, 0.1) is 5.92 Å². The SMILES string of the molecule is CC(C)Nc1cccnc1N1CCN(C(=O)c2ccc(C(=O)N3CCC(C(N)=O)CC3)cc2)CC1. The van der Waals surface area contributed by atoms with E-state index in [2.05, 4.69) is 29.0 Å². The Kier molecular flexibility index (Phi) is 7.53. The second-order valence-corrected chi connectivity index (χ2v) is 9.50. The average Bonchev–Trinajstić information content (AvgIpc) is 2.88. The highest BCUT2D eigenvalue weighted by Crippen LogP contribution is 2.25. The van der Waals surface area contributed by atoms with E-state index in [1.807, 2.05) is 17.0 Å². The summed E-state index contributed by atoms with van der Waals surface area (Å²) in [5, 5.41) is 3.44. The molecule has 3 amide bonds. The highest BCUT2D eigenvalue weighted by atomic mass is 16.2. The molecule has 1 aromatic carbocycles. The van der Waals surface area contributed by atoms with Gasteiger partial charge >= 0.3 is 0 Å². The van der Waals surface area contributed by atoms with Gasteiger partial charge < -0.3 is 25.8 Å². The number of primary amides is 1. The molecule has 0 radical (unpaired) electrons. The molecule has 4 rings (SSSR count). The van der Waals surface area contributed by atoms with Crippen molar-refractivity contribution in [1.82, 2.24) is 14.8 Å². The van der Waals surface area contributed by atoms with Crippen molar-refractivity contribution in [1.29, 1.82) is 0 Å². The summed E-state index contributed by atoms with van der Waals surface area (Å²) in [6.07, 6.45) is 2.98. The van der Waals surface area contributed by atoms with E-state index in [4.69, 9.17) is 5.73 Å². The number of pyridine rings is 1. The molecule has 0 unspecified atom stereocenters. The van der Waals surface area contributed by atoms with Crippen LogP contribution in [0.3, 0.4) is 0 Å². The van der Waals surface area contributed by atoms with Crippen molar-refractivity contribution in [3.05, 3.63) is 53.7 Å². The monoisotopic (exact) mass is 478 g/mol. The van der Waals surface area contributed by atoms with Gasteiger partial charge in [-0.3, -0.25) is 14.4 Å². The number of anilines is 2. The van der Waals surface area contributed by atoms with E-state index in [1.54, 1.807) is 35.4 Å². The molecule has 2 aliphatic rings. The first-order valence-electron chi connectivity index (χ1n) is 12.3. The van der Waals surface area contributed by atoms with Crippen LogP contribution in [0.2, 0.25) is 0 Å². The van der Waals surface area contributed by atoms with Crippen LogP contribution < -0.4 is 16.0 Å². The Hall–Kier alpha value is -3.62. The van der Waals surface area contributed by atoms with E-state index in [9.17, 15) is 14.4 Å². The molecule has 3 N–H and O–H groups in total. The highest BCUT2D eigenvalue weighted by molar-refractivity contribution is 5.98. The van der Waals surface area contributed by atoms with Crippen LogP contribution in [0.25, 0.3) is 0 Å². The zero-order chi connectivity index (χ0) is 24.9. The lowest BCUT2D eigenvalue weighted by atomic mass is 9.96. The number of likely N-dealkylation sites (tertiary alicyclic amines) is 1. The summed E-state index contributed by atoms with van der Waals surface area (Å²) < 4.78 is 0. The number of carbonyl (C=O) groups excluding carboxylic acids is 3. The molecule has 2 aliphatic heterocycles. The van der Waals surface area contributed by atoms with E-state index in [-0.39, 0.29) is 23.6 Å². The van der Waals surface area contributed by atoms with Crippen molar-refractivity contribution < 1.29 is 14.4 Å². The average molecular weight is 479 g/mol. The van der Waals surface area contributed by atoms with Crippen LogP contribution in [0.1, 0.15) is 47.4 Å². The second-order valence-electron chi connectivity index (χ2n) is 9.50. The lowest BCUT2D eigenvalue weighted by Crippen LogP contribution is -2.49. The summed E-state index contributed by atoms with van der Waals surface area (Å²) in [4.78, 5) is 47.6. The third kappa shape index (κ3) is 5.72. The largest absolute Gasteiger partial charge is 0.380 e. The standard InChI is InChI=1S/C26H34N6O3/c1-18(2)29-22-4-3-11-28-24(22)30-14-16-32(17-15-30)26(35)21-7-5-20(6-8-21)25(34)31-12-9-19(10-13-31)23(27)33/h3-8,11,18-19,29H,9-10,12-17H2,1-2H3,(H2,27,33). The van der Waals surface area contributed by atoms with Gasteiger partial charge in [-0.25, -0.2) is 4.98 Å². The van der Waals surface area contributed by atoms with Gasteiger partial charge in [0, 0.05) is 68.6 Å². The zero-order valence-corrected chi connectivity index (χ0v) is 20.4. The normalized spacial score (nSPS) is 16.9. The molecule has 35 heavy (non-hydrogen) atoms. The quantitative estimate of drug-likeness (QED) is 0.658. The topological polar surface area (TPSA) is 112 Å². The fraction of sp³-hybridized carbons (Fsp3) is 0.462. The summed E-state index contributed by atoms with van der Waals surface area (Å²) in [7, 11) is 0. The molecule has 2 aromatic rings. The number of carbonyl (C=O) groups is 3. The summed E-state index contributed by atoms with van der Waals surface area (Å²) >= 11 is 0. The van der Waals surface area contributed by atoms with Gasteiger partial charge in [0.1, 0.15) is 0 Å². The summed E-state index contributed by atoms with van der Waals surface area (Å²) in [5.74, 6) is 0.342. The van der Waals surface area contributed by atoms with Crippen LogP contribution in [0.4, 0.5) is 11.5 Å². The van der Waals surface area contributed by atoms with Crippen LogP contribution in [-0.4, -0.2) is 77.8 Å². The minimum atomic E-state index is -0.298. The Balaban J connectivity index is 1.33. The smallest absolute Gasteiger partial charge is 0.253 e. The van der Waals surface area contributed by atoms with Gasteiger partial charge in [0.15, 0.2) is 5.82 Å². The maximum Gasteiger partial charge on any atom is 0.253 e. The number of amides is 3. The predicted octanol–water partition coefficient (Wildman–Crippen LogP) is 2.20. The van der Waals surface area contributed by atoms with Crippen molar-refractivity contribution in [2.45, 2.75) is 32.7 Å². The van der Waals surface area contributed by atoms with Crippen LogP contribution in [-0.2, 0) is 4.79 Å². The Labute approximate surface area is 206 Å². The first-order chi connectivity index (χ1) is 16.8. The molecule has 0 saturated carbocycles. The molecule has 3 heterocycles. The predicted molar refractivity (Wildman–Crippen MR) is 135 cm³/mol. The van der Waals surface area contributed by atoms with E-state index < -0.39 is 0 Å². The number of piperidine rings is 1. The second kappa shape index (κ2) is 10.8. The fourth-order valence-corrected chi connectivity index (χ4v) is 4.68. The highest BCUT2D eigenvalue weighted by Gasteiger charge is 2.27. The number of aromatic nitrogens is 1. The van der Waals surface area contributed by atoms with E-state index in [1.165, 1.54) is 0 Å². The van der Waals surface area contributed by atoms with E-state index in [0.717, 1.165) is 11.5 Å². The molecule has 186 valence electrons. The summed E-state index contributed by atoms with van der Waals surface area (Å²) in [6.45, 7) is 7.83. The molecule has 9 nitrogen and oxygen atoms in total. The molecular formula is C26H34N6O3. The maximum absolute atomic E-state index is 13.1. The minimum absolute atomic E-state index is 0.0347. The van der Waals surface area contributed by atoms with E-state index in [0.29, 0.717) is 69.3 Å². The maximum atomic E-state index is 13.1. The molecule has 0 spiro atoms. The van der Waals surface area contributed by atoms with Gasteiger partial charge in [-0.1, -0.05) is 0 Å². The van der Waals surface area contributed by atoms with Gasteiger partial charge in [0.2, 0.25) is 5.91 Å².